The number of amidine groups is 1. The van der Waals surface area contributed by atoms with Crippen LogP contribution < -0.4 is 5.73 Å². The summed E-state index contributed by atoms with van der Waals surface area (Å²) in [6, 6.07) is 46.1. The van der Waals surface area contributed by atoms with Gasteiger partial charge in [-0.2, -0.15) is 0 Å². The predicted octanol–water partition coefficient (Wildman–Crippen LogP) is 10.7. The third-order valence-corrected chi connectivity index (χ3v) is 8.07. The Labute approximate surface area is 271 Å². The molecule has 0 spiro atoms. The first-order chi connectivity index (χ1) is 22.6. The zero-order valence-corrected chi connectivity index (χ0v) is 25.8. The van der Waals surface area contributed by atoms with Gasteiger partial charge in [-0.3, -0.25) is 9.98 Å². The molecular weight excluding hydrogens is 558 g/mol. The molecule has 0 saturated carbocycles. The van der Waals surface area contributed by atoms with Crippen molar-refractivity contribution in [1.29, 1.82) is 0 Å². The van der Waals surface area contributed by atoms with Crippen molar-refractivity contribution in [3.8, 4) is 22.3 Å². The van der Waals surface area contributed by atoms with Gasteiger partial charge in [0, 0.05) is 12.4 Å². The Morgan fingerprint density at radius 3 is 2.09 bits per heavy atom. The lowest BCUT2D eigenvalue weighted by atomic mass is 9.99. The summed E-state index contributed by atoms with van der Waals surface area (Å²) in [6.45, 7) is 4.28. The molecule has 2 N–H and O–H groups in total. The Balaban J connectivity index is 1.18. The van der Waals surface area contributed by atoms with Gasteiger partial charge >= 0.3 is 0 Å². The molecule has 1 unspecified atom stereocenters. The van der Waals surface area contributed by atoms with Gasteiger partial charge in [0.15, 0.2) is 0 Å². The molecular formula is C43H37N3. The summed E-state index contributed by atoms with van der Waals surface area (Å²) < 4.78 is 0. The van der Waals surface area contributed by atoms with E-state index in [1.165, 1.54) is 21.9 Å². The van der Waals surface area contributed by atoms with Crippen molar-refractivity contribution >= 4 is 28.8 Å². The highest BCUT2D eigenvalue weighted by Crippen LogP contribution is 2.27. The molecule has 0 aliphatic rings. The van der Waals surface area contributed by atoms with Crippen LogP contribution >= 0.6 is 0 Å². The van der Waals surface area contributed by atoms with Crippen LogP contribution in [0, 0.1) is 0 Å². The number of fused-ring (bicyclic) bond motifs is 1. The van der Waals surface area contributed by atoms with Gasteiger partial charge in [-0.25, -0.2) is 0 Å². The number of pyridine rings is 1. The quantitative estimate of drug-likeness (QED) is 0.120. The first-order valence-corrected chi connectivity index (χ1v) is 15.6. The number of hydrogen-bond donors (Lipinski definition) is 1. The van der Waals surface area contributed by atoms with Crippen molar-refractivity contribution in [3.05, 3.63) is 187 Å². The molecule has 0 radical (unpaired) electrons. The molecule has 224 valence electrons. The maximum Gasteiger partial charge on any atom is 0.121 e. The van der Waals surface area contributed by atoms with E-state index in [9.17, 15) is 0 Å². The van der Waals surface area contributed by atoms with Crippen LogP contribution in [-0.2, 0) is 0 Å². The second-order valence-electron chi connectivity index (χ2n) is 11.3. The van der Waals surface area contributed by atoms with Gasteiger partial charge in [-0.05, 0) is 80.3 Å². The highest BCUT2D eigenvalue weighted by Gasteiger charge is 2.10. The third kappa shape index (κ3) is 7.82. The minimum absolute atomic E-state index is 0.257. The molecule has 0 amide bonds. The van der Waals surface area contributed by atoms with Crippen LogP contribution in [0.4, 0.5) is 0 Å². The van der Waals surface area contributed by atoms with E-state index in [4.69, 9.17) is 10.7 Å². The molecule has 0 bridgehead atoms. The SMILES string of the molecule is C=C(CC/C=C/c1ccc2ccccc2c1)C(N)=NC(/C=C/c1ccc(-c2cccnc2)cc1)c1ccc(-c2ccccc2)cc1. The van der Waals surface area contributed by atoms with Gasteiger partial charge in [0.2, 0.25) is 0 Å². The van der Waals surface area contributed by atoms with E-state index in [-0.39, 0.29) is 6.04 Å². The molecule has 0 saturated heterocycles. The van der Waals surface area contributed by atoms with Crippen molar-refractivity contribution in [2.75, 3.05) is 0 Å². The zero-order chi connectivity index (χ0) is 31.6. The second-order valence-corrected chi connectivity index (χ2v) is 11.3. The van der Waals surface area contributed by atoms with Gasteiger partial charge in [-0.1, -0.05) is 152 Å². The lowest BCUT2D eigenvalue weighted by Crippen LogP contribution is -2.15. The number of aromatic nitrogens is 1. The van der Waals surface area contributed by atoms with E-state index in [2.05, 4.69) is 157 Å². The molecule has 0 aliphatic heterocycles. The van der Waals surface area contributed by atoms with Crippen LogP contribution in [0.15, 0.2) is 175 Å². The Morgan fingerprint density at radius 1 is 0.674 bits per heavy atom. The summed E-state index contributed by atoms with van der Waals surface area (Å²) >= 11 is 0. The molecule has 3 heteroatoms. The smallest absolute Gasteiger partial charge is 0.121 e. The minimum atomic E-state index is -0.257. The van der Waals surface area contributed by atoms with Crippen molar-refractivity contribution in [2.45, 2.75) is 18.9 Å². The largest absolute Gasteiger partial charge is 0.384 e. The summed E-state index contributed by atoms with van der Waals surface area (Å²) in [5.41, 5.74) is 15.3. The molecule has 1 atom stereocenters. The van der Waals surface area contributed by atoms with Gasteiger partial charge in [0.1, 0.15) is 5.84 Å². The van der Waals surface area contributed by atoms with Crippen LogP contribution in [0.1, 0.15) is 35.6 Å². The van der Waals surface area contributed by atoms with E-state index in [1.54, 1.807) is 6.20 Å². The van der Waals surface area contributed by atoms with Crippen molar-refractivity contribution in [3.63, 3.8) is 0 Å². The summed E-state index contributed by atoms with van der Waals surface area (Å²) in [4.78, 5) is 9.22. The number of nitrogens with zero attached hydrogens (tertiary/aromatic N) is 2. The predicted molar refractivity (Wildman–Crippen MR) is 196 cm³/mol. The Bertz CT molecular complexity index is 1990. The Hall–Kier alpha value is -5.80. The Morgan fingerprint density at radius 2 is 1.33 bits per heavy atom. The standard InChI is InChI=1S/C43H37N3/c1-32(10-5-6-11-34-19-23-36-14-7-8-15-40(36)30-34)43(44)46-42(39-26-24-37(25-27-39)35-12-3-2-4-13-35)28-20-33-17-21-38(22-18-33)41-16-9-29-45-31-41/h2-4,6-9,11-31,42H,1,5,10H2,(H2,44,46)/b11-6+,28-20+. The average molecular weight is 596 g/mol. The number of hydrogen-bond acceptors (Lipinski definition) is 2. The summed E-state index contributed by atoms with van der Waals surface area (Å²) in [7, 11) is 0. The Kier molecular flexibility index (Phi) is 9.72. The summed E-state index contributed by atoms with van der Waals surface area (Å²) in [5, 5.41) is 2.49. The zero-order valence-electron chi connectivity index (χ0n) is 25.8. The molecule has 3 nitrogen and oxygen atoms in total. The van der Waals surface area contributed by atoms with Crippen LogP contribution in [0.2, 0.25) is 0 Å². The highest BCUT2D eigenvalue weighted by atomic mass is 14.9. The van der Waals surface area contributed by atoms with Gasteiger partial charge in [0.05, 0.1) is 6.04 Å². The van der Waals surface area contributed by atoms with Crippen LogP contribution in [0.5, 0.6) is 0 Å². The highest BCUT2D eigenvalue weighted by molar-refractivity contribution is 5.96. The molecule has 0 aliphatic carbocycles. The second kappa shape index (κ2) is 14.8. The maximum atomic E-state index is 6.57. The lowest BCUT2D eigenvalue weighted by molar-refractivity contribution is 0.906. The lowest BCUT2D eigenvalue weighted by Gasteiger charge is -2.13. The van der Waals surface area contributed by atoms with Crippen LogP contribution in [-0.4, -0.2) is 10.8 Å². The molecule has 1 aromatic heterocycles. The van der Waals surface area contributed by atoms with E-state index in [0.717, 1.165) is 46.2 Å². The van der Waals surface area contributed by atoms with Gasteiger partial charge in [-0.15, -0.1) is 0 Å². The fourth-order valence-electron chi connectivity index (χ4n) is 5.41. The molecule has 0 fully saturated rings. The number of benzene rings is 5. The molecule has 6 rings (SSSR count). The molecule has 5 aromatic carbocycles. The average Bonchev–Trinajstić information content (AvgIpc) is 3.12. The number of rotatable bonds is 11. The van der Waals surface area contributed by atoms with Crippen molar-refractivity contribution < 1.29 is 0 Å². The van der Waals surface area contributed by atoms with Gasteiger partial charge < -0.3 is 5.73 Å². The fraction of sp³-hybridized carbons (Fsp3) is 0.0698. The van der Waals surface area contributed by atoms with E-state index in [0.29, 0.717) is 5.84 Å². The monoisotopic (exact) mass is 595 g/mol. The van der Waals surface area contributed by atoms with Crippen LogP contribution in [0.25, 0.3) is 45.2 Å². The van der Waals surface area contributed by atoms with Crippen molar-refractivity contribution in [2.24, 2.45) is 10.7 Å². The van der Waals surface area contributed by atoms with E-state index in [1.807, 2.05) is 18.3 Å². The third-order valence-electron chi connectivity index (χ3n) is 8.07. The molecule has 1 heterocycles. The molecule has 46 heavy (non-hydrogen) atoms. The number of allylic oxidation sites excluding steroid dienone is 1. The minimum Gasteiger partial charge on any atom is -0.384 e. The van der Waals surface area contributed by atoms with E-state index >= 15 is 0 Å². The van der Waals surface area contributed by atoms with Crippen molar-refractivity contribution in [1.82, 2.24) is 4.98 Å². The fourth-order valence-corrected chi connectivity index (χ4v) is 5.41. The molecule has 6 aromatic rings. The van der Waals surface area contributed by atoms with E-state index < -0.39 is 0 Å². The topological polar surface area (TPSA) is 51.3 Å². The summed E-state index contributed by atoms with van der Waals surface area (Å²) in [6.07, 6.45) is 13.8. The van der Waals surface area contributed by atoms with Crippen LogP contribution in [0.3, 0.4) is 0 Å². The van der Waals surface area contributed by atoms with Gasteiger partial charge in [0.25, 0.3) is 0 Å². The summed E-state index contributed by atoms with van der Waals surface area (Å²) in [5.74, 6) is 0.479. The first-order valence-electron chi connectivity index (χ1n) is 15.6. The number of nitrogens with two attached hydrogens (primary N) is 1. The number of aliphatic imine (C=N–C) groups is 1. The first kappa shape index (κ1) is 30.2. The maximum absolute atomic E-state index is 6.57. The normalized spacial score (nSPS) is 12.6.